The van der Waals surface area contributed by atoms with E-state index >= 15 is 0 Å². The first-order valence-electron chi connectivity index (χ1n) is 12.2. The van der Waals surface area contributed by atoms with Gasteiger partial charge in [-0.05, 0) is 68.1 Å². The molecule has 1 aromatic rings. The molecule has 0 radical (unpaired) electrons. The van der Waals surface area contributed by atoms with E-state index in [0.29, 0.717) is 37.1 Å². The molecule has 3 aliphatic rings. The van der Waals surface area contributed by atoms with E-state index in [0.717, 1.165) is 24.8 Å². The number of aliphatic hydroxyl groups excluding tert-OH is 1. The quantitative estimate of drug-likeness (QED) is 0.466. The highest BCUT2D eigenvalue weighted by molar-refractivity contribution is 5.75. The predicted octanol–water partition coefficient (Wildman–Crippen LogP) is 4.20. The van der Waals surface area contributed by atoms with Crippen LogP contribution in [-0.4, -0.2) is 55.5 Å². The highest BCUT2D eigenvalue weighted by atomic mass is 16.6. The molecule has 1 N–H and O–H groups in total. The summed E-state index contributed by atoms with van der Waals surface area (Å²) in [5.74, 6) is 1.79. The summed E-state index contributed by atoms with van der Waals surface area (Å²) in [6, 6.07) is 5.86. The summed E-state index contributed by atoms with van der Waals surface area (Å²) >= 11 is 0. The summed E-state index contributed by atoms with van der Waals surface area (Å²) < 4.78 is 16.8. The molecule has 6 nitrogen and oxygen atoms in total. The number of fused-ring (bicyclic) bond motifs is 2. The summed E-state index contributed by atoms with van der Waals surface area (Å²) in [5.41, 5.74) is 2.60. The van der Waals surface area contributed by atoms with Crippen LogP contribution in [0.1, 0.15) is 51.5 Å². The van der Waals surface area contributed by atoms with E-state index in [9.17, 15) is 9.90 Å². The number of methoxy groups -OCH3 is 2. The molecular formula is C27H39NO5. The van der Waals surface area contributed by atoms with Gasteiger partial charge in [-0.2, -0.15) is 0 Å². The Balaban J connectivity index is 1.51. The molecule has 2 saturated carbocycles. The minimum Gasteiger partial charge on any atom is -0.493 e. The van der Waals surface area contributed by atoms with Gasteiger partial charge in [-0.1, -0.05) is 25.1 Å². The van der Waals surface area contributed by atoms with Crippen LogP contribution in [0.5, 0.6) is 11.5 Å². The molecule has 6 atom stereocenters. The molecule has 0 spiro atoms. The largest absolute Gasteiger partial charge is 0.493 e. The Labute approximate surface area is 197 Å². The fourth-order valence-corrected chi connectivity index (χ4v) is 6.56. The minimum absolute atomic E-state index is 0.00382. The first-order valence-corrected chi connectivity index (χ1v) is 12.2. The smallest absolute Gasteiger partial charge is 0.310 e. The third-order valence-corrected chi connectivity index (χ3v) is 8.15. The average Bonchev–Trinajstić information content (AvgIpc) is 3.05. The third-order valence-electron chi connectivity index (χ3n) is 8.15. The Bertz CT molecular complexity index is 883. The predicted molar refractivity (Wildman–Crippen MR) is 127 cm³/mol. The van der Waals surface area contributed by atoms with Crippen molar-refractivity contribution in [2.75, 3.05) is 27.3 Å². The van der Waals surface area contributed by atoms with E-state index in [1.54, 1.807) is 21.1 Å². The van der Waals surface area contributed by atoms with Crippen LogP contribution >= 0.6 is 0 Å². The Kier molecular flexibility index (Phi) is 7.06. The maximum atomic E-state index is 13.0. The standard InChI is InChI=1S/C27H39NO5/c1-17-7-6-10-27(3)13-25-20(12-22(17)27)21(26(30)33-25)16-28(14-18(2)29)15-19-8-9-23(31-4)24(11-19)32-5/h8-9,11,18,20-22,25,29H,1,6-7,10,12-16H2,2-5H3/t18-,20+,21+,22+,25-,27-/m1/s1. The van der Waals surface area contributed by atoms with Crippen LogP contribution in [0, 0.1) is 23.2 Å². The molecule has 33 heavy (non-hydrogen) atoms. The van der Waals surface area contributed by atoms with Crippen molar-refractivity contribution < 1.29 is 24.1 Å². The average molecular weight is 458 g/mol. The lowest BCUT2D eigenvalue weighted by Crippen LogP contribution is -2.46. The van der Waals surface area contributed by atoms with Gasteiger partial charge >= 0.3 is 5.97 Å². The Hall–Kier alpha value is -2.05. The number of aliphatic hydroxyl groups is 1. The lowest BCUT2D eigenvalue weighted by molar-refractivity contribution is -0.146. The molecule has 1 aliphatic heterocycles. The van der Waals surface area contributed by atoms with E-state index in [-0.39, 0.29) is 29.3 Å². The van der Waals surface area contributed by atoms with E-state index in [1.807, 2.05) is 18.2 Å². The molecule has 0 unspecified atom stereocenters. The van der Waals surface area contributed by atoms with Crippen LogP contribution in [0.3, 0.4) is 0 Å². The van der Waals surface area contributed by atoms with Gasteiger partial charge < -0.3 is 19.3 Å². The molecule has 0 amide bonds. The second-order valence-corrected chi connectivity index (χ2v) is 10.6. The van der Waals surface area contributed by atoms with E-state index in [1.165, 1.54) is 18.4 Å². The number of carbonyl (C=O) groups is 1. The maximum absolute atomic E-state index is 13.0. The molecule has 1 heterocycles. The van der Waals surface area contributed by atoms with Crippen molar-refractivity contribution in [3.05, 3.63) is 35.9 Å². The topological polar surface area (TPSA) is 68.2 Å². The number of benzene rings is 1. The summed E-state index contributed by atoms with van der Waals surface area (Å²) in [5, 5.41) is 10.2. The summed E-state index contributed by atoms with van der Waals surface area (Å²) in [4.78, 5) is 15.2. The highest BCUT2D eigenvalue weighted by Gasteiger charge is 2.55. The van der Waals surface area contributed by atoms with Crippen molar-refractivity contribution in [3.63, 3.8) is 0 Å². The Morgan fingerprint density at radius 3 is 2.76 bits per heavy atom. The van der Waals surface area contributed by atoms with Crippen molar-refractivity contribution in [3.8, 4) is 11.5 Å². The van der Waals surface area contributed by atoms with Crippen LogP contribution in [0.2, 0.25) is 0 Å². The number of carbonyl (C=O) groups excluding carboxylic acids is 1. The summed E-state index contributed by atoms with van der Waals surface area (Å²) in [6.07, 6.45) is 4.91. The lowest BCUT2D eigenvalue weighted by Gasteiger charge is -2.50. The van der Waals surface area contributed by atoms with Crippen molar-refractivity contribution in [1.82, 2.24) is 4.90 Å². The maximum Gasteiger partial charge on any atom is 0.310 e. The third kappa shape index (κ3) is 4.92. The zero-order chi connectivity index (χ0) is 23.8. The molecule has 0 bridgehead atoms. The first kappa shape index (κ1) is 24.1. The van der Waals surface area contributed by atoms with Crippen LogP contribution in [0.4, 0.5) is 0 Å². The lowest BCUT2D eigenvalue weighted by atomic mass is 9.55. The zero-order valence-electron chi connectivity index (χ0n) is 20.5. The number of allylic oxidation sites excluding steroid dienone is 1. The molecule has 3 fully saturated rings. The SMILES string of the molecule is C=C1CCC[C@]2(C)C[C@H]3OC(=O)[C@@H](CN(Cc4ccc(OC)c(OC)c4)C[C@@H](C)O)[C@@H]3C[C@@H]12. The molecule has 182 valence electrons. The van der Waals surface area contributed by atoms with Crippen LogP contribution in [0.25, 0.3) is 0 Å². The van der Waals surface area contributed by atoms with Crippen molar-refractivity contribution in [2.45, 2.75) is 64.7 Å². The molecule has 1 aromatic carbocycles. The van der Waals surface area contributed by atoms with Gasteiger partial charge in [-0.15, -0.1) is 0 Å². The van der Waals surface area contributed by atoms with Gasteiger partial charge in [0.05, 0.1) is 26.2 Å². The molecule has 4 rings (SSSR count). The van der Waals surface area contributed by atoms with Gasteiger partial charge in [-0.3, -0.25) is 9.69 Å². The fourth-order valence-electron chi connectivity index (χ4n) is 6.56. The fraction of sp³-hybridized carbons (Fsp3) is 0.667. The number of rotatable bonds is 8. The van der Waals surface area contributed by atoms with Gasteiger partial charge in [0, 0.05) is 25.6 Å². The normalized spacial score (nSPS) is 32.2. The molecule has 6 heteroatoms. The highest BCUT2D eigenvalue weighted by Crippen LogP contribution is 2.57. The molecule has 1 saturated heterocycles. The first-order chi connectivity index (χ1) is 15.7. The molecule has 0 aromatic heterocycles. The van der Waals surface area contributed by atoms with E-state index < -0.39 is 6.10 Å². The van der Waals surface area contributed by atoms with Gasteiger partial charge in [0.25, 0.3) is 0 Å². The number of hydrogen-bond acceptors (Lipinski definition) is 6. The minimum atomic E-state index is -0.494. The van der Waals surface area contributed by atoms with E-state index in [4.69, 9.17) is 14.2 Å². The number of hydrogen-bond donors (Lipinski definition) is 1. The summed E-state index contributed by atoms with van der Waals surface area (Å²) in [7, 11) is 3.25. The van der Waals surface area contributed by atoms with Crippen molar-refractivity contribution >= 4 is 5.97 Å². The number of esters is 1. The number of ether oxygens (including phenoxy) is 3. The van der Waals surface area contributed by atoms with Crippen LogP contribution in [-0.2, 0) is 16.1 Å². The van der Waals surface area contributed by atoms with Crippen molar-refractivity contribution in [2.24, 2.45) is 23.2 Å². The van der Waals surface area contributed by atoms with Crippen LogP contribution in [0.15, 0.2) is 30.4 Å². The zero-order valence-corrected chi connectivity index (χ0v) is 20.5. The second-order valence-electron chi connectivity index (χ2n) is 10.6. The van der Waals surface area contributed by atoms with Gasteiger partial charge in [0.2, 0.25) is 0 Å². The van der Waals surface area contributed by atoms with Gasteiger partial charge in [0.1, 0.15) is 6.10 Å². The molecule has 2 aliphatic carbocycles. The number of nitrogens with zero attached hydrogens (tertiary/aromatic N) is 1. The summed E-state index contributed by atoms with van der Waals surface area (Å²) in [6.45, 7) is 10.2. The molecular weight excluding hydrogens is 418 g/mol. The Morgan fingerprint density at radius 2 is 2.06 bits per heavy atom. The van der Waals surface area contributed by atoms with Gasteiger partial charge in [-0.25, -0.2) is 0 Å². The van der Waals surface area contributed by atoms with E-state index in [2.05, 4.69) is 18.4 Å². The van der Waals surface area contributed by atoms with Crippen LogP contribution < -0.4 is 9.47 Å². The second kappa shape index (κ2) is 9.67. The monoisotopic (exact) mass is 457 g/mol. The van der Waals surface area contributed by atoms with Gasteiger partial charge in [0.15, 0.2) is 11.5 Å². The Morgan fingerprint density at radius 1 is 1.30 bits per heavy atom. The van der Waals surface area contributed by atoms with Crippen molar-refractivity contribution in [1.29, 1.82) is 0 Å².